The fraction of sp³-hybridized carbons (Fsp3) is 0.400. The minimum atomic E-state index is 0.421. The zero-order chi connectivity index (χ0) is 9.14. The summed E-state index contributed by atoms with van der Waals surface area (Å²) in [7, 11) is 0. The molecule has 0 fully saturated rings. The summed E-state index contributed by atoms with van der Waals surface area (Å²) in [6.07, 6.45) is 1.06. The standard InChI is InChI=1S/C10H13IO/c1-3-7(2)9-6-8(11)4-5-10(9)12/h4-7,12H,3H2,1-2H3/t7-/m0/s1. The maximum atomic E-state index is 9.53. The third kappa shape index (κ3) is 2.12. The minimum Gasteiger partial charge on any atom is -0.508 e. The molecule has 0 saturated heterocycles. The lowest BCUT2D eigenvalue weighted by Crippen LogP contribution is -1.92. The Kier molecular flexibility index (Phi) is 3.38. The van der Waals surface area contributed by atoms with Crippen LogP contribution in [0.25, 0.3) is 0 Å². The van der Waals surface area contributed by atoms with Crippen LogP contribution in [0.2, 0.25) is 0 Å². The first-order valence-corrected chi connectivity index (χ1v) is 5.21. The highest BCUT2D eigenvalue weighted by molar-refractivity contribution is 14.1. The third-order valence-electron chi connectivity index (χ3n) is 2.13. The van der Waals surface area contributed by atoms with Gasteiger partial charge in [0.1, 0.15) is 5.75 Å². The van der Waals surface area contributed by atoms with Crippen LogP contribution in [0.4, 0.5) is 0 Å². The maximum absolute atomic E-state index is 9.53. The van der Waals surface area contributed by atoms with Crippen LogP contribution < -0.4 is 0 Å². The van der Waals surface area contributed by atoms with Crippen molar-refractivity contribution in [2.45, 2.75) is 26.2 Å². The molecule has 0 heterocycles. The number of halogens is 1. The van der Waals surface area contributed by atoms with Crippen LogP contribution >= 0.6 is 22.6 Å². The summed E-state index contributed by atoms with van der Waals surface area (Å²) in [5.41, 5.74) is 1.06. The summed E-state index contributed by atoms with van der Waals surface area (Å²) in [4.78, 5) is 0. The largest absolute Gasteiger partial charge is 0.508 e. The van der Waals surface area contributed by atoms with E-state index in [1.165, 1.54) is 3.57 Å². The van der Waals surface area contributed by atoms with Gasteiger partial charge in [0.15, 0.2) is 0 Å². The molecule has 0 spiro atoms. The highest BCUT2D eigenvalue weighted by atomic mass is 127. The van der Waals surface area contributed by atoms with Crippen LogP contribution in [0.15, 0.2) is 18.2 Å². The Bertz CT molecular complexity index is 271. The summed E-state index contributed by atoms with van der Waals surface area (Å²) in [5, 5.41) is 9.53. The van der Waals surface area contributed by atoms with Crippen LogP contribution in [0, 0.1) is 3.57 Å². The quantitative estimate of drug-likeness (QED) is 0.819. The van der Waals surface area contributed by atoms with Gasteiger partial charge in [-0.2, -0.15) is 0 Å². The molecule has 0 aliphatic heterocycles. The predicted octanol–water partition coefficient (Wildman–Crippen LogP) is 3.51. The van der Waals surface area contributed by atoms with Gasteiger partial charge in [-0.25, -0.2) is 0 Å². The van der Waals surface area contributed by atoms with Gasteiger partial charge in [0.25, 0.3) is 0 Å². The molecular weight excluding hydrogens is 263 g/mol. The monoisotopic (exact) mass is 276 g/mol. The lowest BCUT2D eigenvalue weighted by Gasteiger charge is -2.10. The Balaban J connectivity index is 3.04. The Morgan fingerprint density at radius 1 is 1.50 bits per heavy atom. The zero-order valence-corrected chi connectivity index (χ0v) is 9.50. The van der Waals surface area contributed by atoms with Crippen LogP contribution in [-0.4, -0.2) is 5.11 Å². The number of hydrogen-bond donors (Lipinski definition) is 1. The van der Waals surface area contributed by atoms with Gasteiger partial charge in [-0.05, 0) is 58.7 Å². The molecule has 0 unspecified atom stereocenters. The first kappa shape index (κ1) is 9.84. The van der Waals surface area contributed by atoms with E-state index in [0.29, 0.717) is 11.7 Å². The summed E-state index contributed by atoms with van der Waals surface area (Å²) < 4.78 is 1.18. The first-order valence-electron chi connectivity index (χ1n) is 4.13. The molecule has 1 atom stereocenters. The van der Waals surface area contributed by atoms with Gasteiger partial charge in [-0.15, -0.1) is 0 Å². The predicted molar refractivity (Wildman–Crippen MR) is 59.5 cm³/mol. The van der Waals surface area contributed by atoms with Crippen molar-refractivity contribution in [3.8, 4) is 5.75 Å². The van der Waals surface area contributed by atoms with Crippen molar-refractivity contribution >= 4 is 22.6 Å². The van der Waals surface area contributed by atoms with Gasteiger partial charge in [0, 0.05) is 3.57 Å². The highest BCUT2D eigenvalue weighted by Crippen LogP contribution is 2.28. The number of phenolic OH excluding ortho intramolecular Hbond substituents is 1. The van der Waals surface area contributed by atoms with E-state index in [1.54, 1.807) is 6.07 Å². The van der Waals surface area contributed by atoms with Crippen molar-refractivity contribution in [3.05, 3.63) is 27.3 Å². The summed E-state index contributed by atoms with van der Waals surface area (Å²) in [5.74, 6) is 0.865. The Morgan fingerprint density at radius 3 is 2.75 bits per heavy atom. The van der Waals surface area contributed by atoms with Crippen LogP contribution in [0.1, 0.15) is 31.7 Å². The normalized spacial score (nSPS) is 12.9. The molecule has 1 aromatic carbocycles. The fourth-order valence-electron chi connectivity index (χ4n) is 1.14. The van der Waals surface area contributed by atoms with E-state index in [0.717, 1.165) is 12.0 Å². The molecule has 1 N–H and O–H groups in total. The van der Waals surface area contributed by atoms with Gasteiger partial charge >= 0.3 is 0 Å². The van der Waals surface area contributed by atoms with Gasteiger partial charge in [-0.1, -0.05) is 13.8 Å². The Morgan fingerprint density at radius 2 is 2.17 bits per heavy atom. The lowest BCUT2D eigenvalue weighted by atomic mass is 9.98. The molecule has 1 aromatic rings. The molecule has 0 saturated carbocycles. The summed E-state index contributed by atoms with van der Waals surface area (Å²) in [6.45, 7) is 4.26. The van der Waals surface area contributed by atoms with Crippen molar-refractivity contribution in [3.63, 3.8) is 0 Å². The Labute approximate surface area is 86.9 Å². The number of phenols is 1. The molecule has 0 aliphatic carbocycles. The average molecular weight is 276 g/mol. The van der Waals surface area contributed by atoms with Crippen molar-refractivity contribution in [1.29, 1.82) is 0 Å². The molecule has 0 aromatic heterocycles. The van der Waals surface area contributed by atoms with E-state index < -0.39 is 0 Å². The van der Waals surface area contributed by atoms with Crippen molar-refractivity contribution < 1.29 is 5.11 Å². The molecule has 1 rings (SSSR count). The molecule has 0 radical (unpaired) electrons. The zero-order valence-electron chi connectivity index (χ0n) is 7.34. The highest BCUT2D eigenvalue weighted by Gasteiger charge is 2.07. The van der Waals surface area contributed by atoms with Gasteiger partial charge < -0.3 is 5.11 Å². The van der Waals surface area contributed by atoms with Gasteiger partial charge in [0.05, 0.1) is 0 Å². The number of hydrogen-bond acceptors (Lipinski definition) is 1. The molecule has 1 nitrogen and oxygen atoms in total. The van der Waals surface area contributed by atoms with Gasteiger partial charge in [0.2, 0.25) is 0 Å². The van der Waals surface area contributed by atoms with E-state index in [1.807, 2.05) is 12.1 Å². The average Bonchev–Trinajstić information content (AvgIpc) is 2.08. The van der Waals surface area contributed by atoms with Crippen molar-refractivity contribution in [2.75, 3.05) is 0 Å². The van der Waals surface area contributed by atoms with E-state index in [-0.39, 0.29) is 0 Å². The van der Waals surface area contributed by atoms with Crippen LogP contribution in [0.5, 0.6) is 5.75 Å². The first-order chi connectivity index (χ1) is 5.65. The van der Waals surface area contributed by atoms with Gasteiger partial charge in [-0.3, -0.25) is 0 Å². The lowest BCUT2D eigenvalue weighted by molar-refractivity contribution is 0.461. The second kappa shape index (κ2) is 4.12. The molecular formula is C10H13IO. The van der Waals surface area contributed by atoms with E-state index >= 15 is 0 Å². The second-order valence-corrected chi connectivity index (χ2v) is 4.26. The van der Waals surface area contributed by atoms with Crippen LogP contribution in [-0.2, 0) is 0 Å². The summed E-state index contributed by atoms with van der Waals surface area (Å²) >= 11 is 2.26. The smallest absolute Gasteiger partial charge is 0.119 e. The minimum absolute atomic E-state index is 0.421. The molecule has 0 amide bonds. The number of benzene rings is 1. The molecule has 2 heteroatoms. The Hall–Kier alpha value is -0.250. The van der Waals surface area contributed by atoms with Crippen molar-refractivity contribution in [1.82, 2.24) is 0 Å². The second-order valence-electron chi connectivity index (χ2n) is 3.01. The van der Waals surface area contributed by atoms with Crippen molar-refractivity contribution in [2.24, 2.45) is 0 Å². The maximum Gasteiger partial charge on any atom is 0.119 e. The topological polar surface area (TPSA) is 20.2 Å². The molecule has 0 aliphatic rings. The fourth-order valence-corrected chi connectivity index (χ4v) is 1.66. The number of aromatic hydroxyl groups is 1. The van der Waals surface area contributed by atoms with Crippen LogP contribution in [0.3, 0.4) is 0 Å². The number of rotatable bonds is 2. The molecule has 66 valence electrons. The summed E-state index contributed by atoms with van der Waals surface area (Å²) in [6, 6.07) is 5.73. The molecule has 0 bridgehead atoms. The molecule has 12 heavy (non-hydrogen) atoms. The van der Waals surface area contributed by atoms with E-state index in [9.17, 15) is 5.11 Å². The van der Waals surface area contributed by atoms with E-state index in [4.69, 9.17) is 0 Å². The van der Waals surface area contributed by atoms with E-state index in [2.05, 4.69) is 36.4 Å². The third-order valence-corrected chi connectivity index (χ3v) is 2.80. The SMILES string of the molecule is CC[C@H](C)c1cc(I)ccc1O.